The molecule has 0 radical (unpaired) electrons. The van der Waals surface area contributed by atoms with Gasteiger partial charge in [0.05, 0.1) is 5.41 Å². The van der Waals surface area contributed by atoms with Gasteiger partial charge < -0.3 is 15.8 Å². The predicted molar refractivity (Wildman–Crippen MR) is 84.6 cm³/mol. The Morgan fingerprint density at radius 2 is 1.85 bits per heavy atom. The van der Waals surface area contributed by atoms with Gasteiger partial charge in [0.1, 0.15) is 0 Å². The molecule has 0 aromatic rings. The molecule has 4 nitrogen and oxygen atoms in total. The average molecular weight is 286 g/mol. The third-order valence-electron chi connectivity index (χ3n) is 3.53. The molecule has 1 amide bonds. The van der Waals surface area contributed by atoms with Crippen molar-refractivity contribution in [3.05, 3.63) is 0 Å². The van der Waals surface area contributed by atoms with E-state index in [1.54, 1.807) is 0 Å². The number of rotatable bonds is 12. The van der Waals surface area contributed by atoms with Crippen LogP contribution in [0.4, 0.5) is 0 Å². The fraction of sp³-hybridized carbons (Fsp3) is 0.938. The van der Waals surface area contributed by atoms with Crippen molar-refractivity contribution in [2.75, 3.05) is 26.3 Å². The highest BCUT2D eigenvalue weighted by Gasteiger charge is 2.34. The molecule has 120 valence electrons. The van der Waals surface area contributed by atoms with Gasteiger partial charge in [-0.25, -0.2) is 0 Å². The van der Waals surface area contributed by atoms with Gasteiger partial charge in [0, 0.05) is 26.3 Å². The first-order chi connectivity index (χ1) is 9.52. The van der Waals surface area contributed by atoms with Gasteiger partial charge in [-0.3, -0.25) is 4.79 Å². The van der Waals surface area contributed by atoms with Gasteiger partial charge in [0.15, 0.2) is 0 Å². The summed E-state index contributed by atoms with van der Waals surface area (Å²) in [6, 6.07) is 0. The number of nitrogens with one attached hydrogen (secondary N) is 1. The van der Waals surface area contributed by atoms with Gasteiger partial charge >= 0.3 is 0 Å². The molecule has 0 atom stereocenters. The molecule has 0 aliphatic carbocycles. The van der Waals surface area contributed by atoms with Gasteiger partial charge in [-0.2, -0.15) is 0 Å². The first kappa shape index (κ1) is 19.4. The van der Waals surface area contributed by atoms with Crippen LogP contribution in [-0.2, 0) is 9.53 Å². The molecule has 0 saturated carbocycles. The summed E-state index contributed by atoms with van der Waals surface area (Å²) in [5.74, 6) is 0.677. The zero-order valence-electron chi connectivity index (χ0n) is 13.8. The Morgan fingerprint density at radius 3 is 2.30 bits per heavy atom. The second-order valence-electron chi connectivity index (χ2n) is 6.06. The van der Waals surface area contributed by atoms with Gasteiger partial charge in [-0.15, -0.1) is 0 Å². The fourth-order valence-corrected chi connectivity index (χ4v) is 2.49. The zero-order valence-corrected chi connectivity index (χ0v) is 13.8. The van der Waals surface area contributed by atoms with Crippen LogP contribution in [0.2, 0.25) is 0 Å². The topological polar surface area (TPSA) is 64.4 Å². The summed E-state index contributed by atoms with van der Waals surface area (Å²) in [5.41, 5.74) is 5.51. The van der Waals surface area contributed by atoms with E-state index in [2.05, 4.69) is 33.0 Å². The number of carbonyl (C=O) groups is 1. The molecule has 0 aromatic heterocycles. The van der Waals surface area contributed by atoms with E-state index in [1.165, 1.54) is 0 Å². The van der Waals surface area contributed by atoms with Crippen LogP contribution in [0, 0.1) is 11.3 Å². The Bertz CT molecular complexity index is 249. The fourth-order valence-electron chi connectivity index (χ4n) is 2.49. The standard InChI is InChI=1S/C16H34N2O2/c1-5-8-16(13-17,9-6-2)15(19)18-10-7-11-20-12-14(3)4/h14H,5-13,17H2,1-4H3,(H,18,19). The molecule has 20 heavy (non-hydrogen) atoms. The van der Waals surface area contributed by atoms with Gasteiger partial charge in [0.2, 0.25) is 5.91 Å². The number of ether oxygens (including phenoxy) is 1. The van der Waals surface area contributed by atoms with Crippen LogP contribution >= 0.6 is 0 Å². The summed E-state index contributed by atoms with van der Waals surface area (Å²) in [6.45, 7) is 11.1. The highest BCUT2D eigenvalue weighted by molar-refractivity contribution is 5.82. The van der Waals surface area contributed by atoms with E-state index in [-0.39, 0.29) is 11.3 Å². The highest BCUT2D eigenvalue weighted by Crippen LogP contribution is 2.28. The van der Waals surface area contributed by atoms with E-state index in [0.717, 1.165) is 38.7 Å². The zero-order chi connectivity index (χ0) is 15.4. The Morgan fingerprint density at radius 1 is 1.25 bits per heavy atom. The lowest BCUT2D eigenvalue weighted by atomic mass is 9.78. The molecule has 4 heteroatoms. The van der Waals surface area contributed by atoms with Gasteiger partial charge in [-0.1, -0.05) is 40.5 Å². The second-order valence-corrected chi connectivity index (χ2v) is 6.06. The molecule has 0 saturated heterocycles. The number of nitrogens with two attached hydrogens (primary N) is 1. The van der Waals surface area contributed by atoms with Crippen molar-refractivity contribution in [3.63, 3.8) is 0 Å². The van der Waals surface area contributed by atoms with Crippen molar-refractivity contribution in [2.24, 2.45) is 17.1 Å². The van der Waals surface area contributed by atoms with Crippen molar-refractivity contribution in [1.82, 2.24) is 5.32 Å². The van der Waals surface area contributed by atoms with Crippen LogP contribution in [0.25, 0.3) is 0 Å². The Kier molecular flexibility index (Phi) is 10.8. The summed E-state index contributed by atoms with van der Waals surface area (Å²) in [6.07, 6.45) is 4.57. The summed E-state index contributed by atoms with van der Waals surface area (Å²) in [5, 5.41) is 3.03. The first-order valence-electron chi connectivity index (χ1n) is 8.08. The second kappa shape index (κ2) is 11.1. The minimum Gasteiger partial charge on any atom is -0.381 e. The third-order valence-corrected chi connectivity index (χ3v) is 3.53. The minimum atomic E-state index is -0.373. The maximum absolute atomic E-state index is 12.4. The van der Waals surface area contributed by atoms with Gasteiger partial charge in [0.25, 0.3) is 0 Å². The van der Waals surface area contributed by atoms with Crippen molar-refractivity contribution in [3.8, 4) is 0 Å². The average Bonchev–Trinajstić information content (AvgIpc) is 2.41. The maximum Gasteiger partial charge on any atom is 0.227 e. The molecular formula is C16H34N2O2. The molecule has 0 fully saturated rings. The predicted octanol–water partition coefficient (Wildman–Crippen LogP) is 2.71. The quantitative estimate of drug-likeness (QED) is 0.542. The number of hydrogen-bond donors (Lipinski definition) is 2. The summed E-state index contributed by atoms with van der Waals surface area (Å²) < 4.78 is 5.51. The van der Waals surface area contributed by atoms with Crippen molar-refractivity contribution >= 4 is 5.91 Å². The SMILES string of the molecule is CCCC(CN)(CCC)C(=O)NCCCOCC(C)C. The maximum atomic E-state index is 12.4. The van der Waals surface area contributed by atoms with Crippen LogP contribution in [-0.4, -0.2) is 32.2 Å². The molecule has 0 heterocycles. The van der Waals surface area contributed by atoms with Crippen LogP contribution in [0.3, 0.4) is 0 Å². The molecule has 0 aliphatic rings. The molecule has 0 aliphatic heterocycles. The van der Waals surface area contributed by atoms with E-state index < -0.39 is 0 Å². The van der Waals surface area contributed by atoms with E-state index >= 15 is 0 Å². The Hall–Kier alpha value is -0.610. The van der Waals surface area contributed by atoms with Crippen LogP contribution in [0.15, 0.2) is 0 Å². The molecule has 0 unspecified atom stereocenters. The summed E-state index contributed by atoms with van der Waals surface area (Å²) >= 11 is 0. The normalized spacial score (nSPS) is 11.9. The third kappa shape index (κ3) is 7.25. The Labute approximate surface area is 124 Å². The lowest BCUT2D eigenvalue weighted by molar-refractivity contribution is -0.131. The first-order valence-corrected chi connectivity index (χ1v) is 8.08. The highest BCUT2D eigenvalue weighted by atomic mass is 16.5. The molecule has 0 spiro atoms. The molecule has 3 N–H and O–H groups in total. The van der Waals surface area contributed by atoms with E-state index in [0.29, 0.717) is 25.6 Å². The lowest BCUT2D eigenvalue weighted by Crippen LogP contribution is -2.46. The molecule has 0 bridgehead atoms. The van der Waals surface area contributed by atoms with Crippen molar-refractivity contribution < 1.29 is 9.53 Å². The summed E-state index contributed by atoms with van der Waals surface area (Å²) in [7, 11) is 0. The smallest absolute Gasteiger partial charge is 0.227 e. The van der Waals surface area contributed by atoms with Crippen LogP contribution in [0.5, 0.6) is 0 Å². The molecular weight excluding hydrogens is 252 g/mol. The monoisotopic (exact) mass is 286 g/mol. The number of hydrogen-bond acceptors (Lipinski definition) is 3. The number of amides is 1. The summed E-state index contributed by atoms with van der Waals surface area (Å²) in [4.78, 5) is 12.4. The van der Waals surface area contributed by atoms with E-state index in [1.807, 2.05) is 0 Å². The molecule has 0 rings (SSSR count). The van der Waals surface area contributed by atoms with Crippen LogP contribution in [0.1, 0.15) is 59.8 Å². The minimum absolute atomic E-state index is 0.118. The van der Waals surface area contributed by atoms with Crippen LogP contribution < -0.4 is 11.1 Å². The molecule has 0 aromatic carbocycles. The van der Waals surface area contributed by atoms with Crippen molar-refractivity contribution in [1.29, 1.82) is 0 Å². The van der Waals surface area contributed by atoms with E-state index in [4.69, 9.17) is 10.5 Å². The van der Waals surface area contributed by atoms with E-state index in [9.17, 15) is 4.79 Å². The number of carbonyl (C=O) groups excluding carboxylic acids is 1. The van der Waals surface area contributed by atoms with Crippen molar-refractivity contribution in [2.45, 2.75) is 59.8 Å². The lowest BCUT2D eigenvalue weighted by Gasteiger charge is -2.30. The largest absolute Gasteiger partial charge is 0.381 e. The van der Waals surface area contributed by atoms with Gasteiger partial charge in [-0.05, 0) is 25.2 Å². The Balaban J connectivity index is 4.07.